The number of hydrogen-bond donors (Lipinski definition) is 2. The van der Waals surface area contributed by atoms with Crippen molar-refractivity contribution in [3.63, 3.8) is 0 Å². The van der Waals surface area contributed by atoms with Gasteiger partial charge in [-0.2, -0.15) is 4.39 Å². The van der Waals surface area contributed by atoms with Crippen molar-refractivity contribution in [1.29, 1.82) is 0 Å². The fourth-order valence-corrected chi connectivity index (χ4v) is 1.30. The molecule has 2 N–H and O–H groups in total. The van der Waals surface area contributed by atoms with Crippen molar-refractivity contribution in [1.82, 2.24) is 4.98 Å². The summed E-state index contributed by atoms with van der Waals surface area (Å²) < 4.78 is 12.9. The van der Waals surface area contributed by atoms with Gasteiger partial charge in [0.25, 0.3) is 0 Å². The fraction of sp³-hybridized carbons (Fsp3) is 0.375. The molecular weight excluding hydrogens is 172 g/mol. The highest BCUT2D eigenvalue weighted by atomic mass is 19.1. The Balaban J connectivity index is 2.36. The summed E-state index contributed by atoms with van der Waals surface area (Å²) in [7, 11) is -1.77. The number of nitrogens with zero attached hydrogens (tertiary/aromatic N) is 1. The molecule has 1 aromatic heterocycles. The third kappa shape index (κ3) is 1.71. The Morgan fingerprint density at radius 3 is 2.69 bits per heavy atom. The quantitative estimate of drug-likeness (QED) is 0.489. The SMILES string of the molecule is OB(O)c1cc(C2CC2)cnc1F. The number of aromatic nitrogens is 1. The first kappa shape index (κ1) is 8.65. The lowest BCUT2D eigenvalue weighted by atomic mass is 9.80. The molecule has 0 spiro atoms. The van der Waals surface area contributed by atoms with Gasteiger partial charge in [-0.05, 0) is 24.3 Å². The molecule has 0 amide bonds. The second kappa shape index (κ2) is 3.08. The predicted octanol–water partition coefficient (Wildman–Crippen LogP) is -0.222. The Kier molecular flexibility index (Phi) is 2.05. The van der Waals surface area contributed by atoms with Gasteiger partial charge in [0, 0.05) is 11.7 Å². The molecule has 68 valence electrons. The smallest absolute Gasteiger partial charge is 0.423 e. The highest BCUT2D eigenvalue weighted by molar-refractivity contribution is 6.58. The van der Waals surface area contributed by atoms with E-state index >= 15 is 0 Å². The zero-order chi connectivity index (χ0) is 9.42. The van der Waals surface area contributed by atoms with Gasteiger partial charge in [-0.1, -0.05) is 6.07 Å². The normalized spacial score (nSPS) is 15.9. The minimum atomic E-state index is -1.77. The van der Waals surface area contributed by atoms with Gasteiger partial charge in [0.15, 0.2) is 0 Å². The average Bonchev–Trinajstić information content (AvgIpc) is 2.87. The molecule has 13 heavy (non-hydrogen) atoms. The zero-order valence-electron chi connectivity index (χ0n) is 6.94. The maximum Gasteiger partial charge on any atom is 0.493 e. The first-order valence-corrected chi connectivity index (χ1v) is 4.20. The van der Waals surface area contributed by atoms with Crippen LogP contribution in [0.4, 0.5) is 4.39 Å². The number of halogens is 1. The fourth-order valence-electron chi connectivity index (χ4n) is 1.30. The molecule has 0 saturated heterocycles. The minimum absolute atomic E-state index is 0.135. The molecule has 1 heterocycles. The number of hydrogen-bond acceptors (Lipinski definition) is 3. The Morgan fingerprint density at radius 2 is 2.15 bits per heavy atom. The number of pyridine rings is 1. The summed E-state index contributed by atoms with van der Waals surface area (Å²) in [6, 6.07) is 1.48. The topological polar surface area (TPSA) is 53.4 Å². The molecule has 2 rings (SSSR count). The Bertz CT molecular complexity index is 328. The largest absolute Gasteiger partial charge is 0.493 e. The molecular formula is C8H9BFNO2. The van der Waals surface area contributed by atoms with Crippen LogP contribution in [0.3, 0.4) is 0 Å². The summed E-state index contributed by atoms with van der Waals surface area (Å²) in [4.78, 5) is 3.47. The van der Waals surface area contributed by atoms with Crippen LogP contribution in [0.5, 0.6) is 0 Å². The van der Waals surface area contributed by atoms with Crippen LogP contribution in [0.2, 0.25) is 0 Å². The molecule has 0 radical (unpaired) electrons. The summed E-state index contributed by atoms with van der Waals surface area (Å²) in [6.45, 7) is 0. The van der Waals surface area contributed by atoms with E-state index in [0.717, 1.165) is 18.4 Å². The van der Waals surface area contributed by atoms with Crippen molar-refractivity contribution in [2.45, 2.75) is 18.8 Å². The van der Waals surface area contributed by atoms with Gasteiger partial charge < -0.3 is 10.0 Å². The van der Waals surface area contributed by atoms with Crippen molar-refractivity contribution in [3.8, 4) is 0 Å². The number of rotatable bonds is 2. The van der Waals surface area contributed by atoms with Gasteiger partial charge in [-0.15, -0.1) is 0 Å². The van der Waals surface area contributed by atoms with E-state index in [2.05, 4.69) is 4.98 Å². The van der Waals surface area contributed by atoms with Crippen LogP contribution in [-0.2, 0) is 0 Å². The summed E-state index contributed by atoms with van der Waals surface area (Å²) >= 11 is 0. The van der Waals surface area contributed by atoms with E-state index in [1.165, 1.54) is 12.3 Å². The van der Waals surface area contributed by atoms with Crippen LogP contribution in [0.25, 0.3) is 0 Å². The molecule has 3 nitrogen and oxygen atoms in total. The molecule has 1 aliphatic carbocycles. The highest BCUT2D eigenvalue weighted by Gasteiger charge is 2.26. The lowest BCUT2D eigenvalue weighted by molar-refractivity contribution is 0.421. The molecule has 5 heteroatoms. The van der Waals surface area contributed by atoms with Crippen molar-refractivity contribution in [3.05, 3.63) is 23.8 Å². The van der Waals surface area contributed by atoms with Crippen molar-refractivity contribution in [2.75, 3.05) is 0 Å². The van der Waals surface area contributed by atoms with Crippen LogP contribution < -0.4 is 5.46 Å². The van der Waals surface area contributed by atoms with Gasteiger partial charge >= 0.3 is 7.12 Å². The Hall–Kier alpha value is -0.935. The van der Waals surface area contributed by atoms with E-state index in [4.69, 9.17) is 10.0 Å². The van der Waals surface area contributed by atoms with E-state index in [9.17, 15) is 4.39 Å². The Morgan fingerprint density at radius 1 is 1.46 bits per heavy atom. The molecule has 1 aromatic rings. The molecule has 1 fully saturated rings. The van der Waals surface area contributed by atoms with Crippen LogP contribution in [-0.4, -0.2) is 22.2 Å². The summed E-state index contributed by atoms with van der Waals surface area (Å²) in [5, 5.41) is 17.6. The van der Waals surface area contributed by atoms with E-state index in [0.29, 0.717) is 5.92 Å². The molecule has 0 atom stereocenters. The van der Waals surface area contributed by atoms with Crippen molar-refractivity contribution >= 4 is 12.6 Å². The highest BCUT2D eigenvalue weighted by Crippen LogP contribution is 2.39. The Labute approximate surface area is 75.4 Å². The summed E-state index contributed by atoms with van der Waals surface area (Å²) in [5.41, 5.74) is 0.758. The van der Waals surface area contributed by atoms with Crippen LogP contribution in [0, 0.1) is 5.95 Å². The standard InChI is InChI=1S/C8H9BFNO2/c10-8-7(9(12)13)3-6(4-11-8)5-1-2-5/h3-5,12-13H,1-2H2. The lowest BCUT2D eigenvalue weighted by Crippen LogP contribution is -2.33. The summed E-state index contributed by atoms with van der Waals surface area (Å²) in [6.07, 6.45) is 3.61. The lowest BCUT2D eigenvalue weighted by Gasteiger charge is -2.03. The van der Waals surface area contributed by atoms with E-state index in [1.54, 1.807) is 0 Å². The first-order valence-electron chi connectivity index (χ1n) is 4.20. The van der Waals surface area contributed by atoms with Gasteiger partial charge in [-0.25, -0.2) is 4.98 Å². The van der Waals surface area contributed by atoms with Crippen LogP contribution in [0.1, 0.15) is 24.3 Å². The second-order valence-corrected chi connectivity index (χ2v) is 3.30. The molecule has 1 aliphatic rings. The van der Waals surface area contributed by atoms with Crippen LogP contribution in [0.15, 0.2) is 12.3 Å². The van der Waals surface area contributed by atoms with E-state index < -0.39 is 13.1 Å². The third-order valence-electron chi connectivity index (χ3n) is 2.21. The average molecular weight is 181 g/mol. The maximum atomic E-state index is 12.9. The predicted molar refractivity (Wildman–Crippen MR) is 46.0 cm³/mol. The molecule has 0 bridgehead atoms. The van der Waals surface area contributed by atoms with E-state index in [1.807, 2.05) is 0 Å². The van der Waals surface area contributed by atoms with Gasteiger partial charge in [0.1, 0.15) is 0 Å². The van der Waals surface area contributed by atoms with Gasteiger partial charge in [0.05, 0.1) is 0 Å². The van der Waals surface area contributed by atoms with Gasteiger partial charge in [0.2, 0.25) is 5.95 Å². The van der Waals surface area contributed by atoms with Crippen molar-refractivity contribution in [2.24, 2.45) is 0 Å². The molecule has 0 unspecified atom stereocenters. The maximum absolute atomic E-state index is 12.9. The van der Waals surface area contributed by atoms with Crippen molar-refractivity contribution < 1.29 is 14.4 Å². The van der Waals surface area contributed by atoms with E-state index in [-0.39, 0.29) is 5.46 Å². The second-order valence-electron chi connectivity index (χ2n) is 3.30. The summed E-state index contributed by atoms with van der Waals surface area (Å²) in [5.74, 6) is -0.370. The monoisotopic (exact) mass is 181 g/mol. The molecule has 0 aromatic carbocycles. The molecule has 1 saturated carbocycles. The first-order chi connectivity index (χ1) is 6.18. The zero-order valence-corrected chi connectivity index (χ0v) is 6.94. The van der Waals surface area contributed by atoms with Gasteiger partial charge in [-0.3, -0.25) is 0 Å². The minimum Gasteiger partial charge on any atom is -0.423 e. The third-order valence-corrected chi connectivity index (χ3v) is 2.21. The molecule has 0 aliphatic heterocycles. The van der Waals surface area contributed by atoms with Crippen LogP contribution >= 0.6 is 0 Å².